The van der Waals surface area contributed by atoms with Gasteiger partial charge < -0.3 is 0 Å². The second-order valence-corrected chi connectivity index (χ2v) is 2.82. The van der Waals surface area contributed by atoms with Crippen LogP contribution in [-0.2, 0) is 0 Å². The Kier molecular flexibility index (Phi) is 6.05. The lowest BCUT2D eigenvalue weighted by Crippen LogP contribution is -1.62. The molecule has 0 aromatic rings. The lowest BCUT2D eigenvalue weighted by atomic mass is 10.2. The summed E-state index contributed by atoms with van der Waals surface area (Å²) in [6.07, 6.45) is 27.5. The summed E-state index contributed by atoms with van der Waals surface area (Å²) >= 11 is 0. The third kappa shape index (κ3) is 6.01. The third-order valence-electron chi connectivity index (χ3n) is 1.66. The lowest BCUT2D eigenvalue weighted by Gasteiger charge is -1.82. The molecule has 0 unspecified atom stereocenters. The van der Waals surface area contributed by atoms with E-state index in [1.165, 1.54) is 0 Å². The molecule has 14 heavy (non-hydrogen) atoms. The van der Waals surface area contributed by atoms with Crippen LogP contribution in [0.5, 0.6) is 0 Å². The standard InChI is InChI=1S/C14H15/c1-2-4-6-8-10-12-14-13-11-9-7-5-3-1/h1-13H,14H2/b2-1+,5-3-,6-4+,9-7+,12-10-,13-11-. The summed E-state index contributed by atoms with van der Waals surface area (Å²) in [6, 6.07) is 0. The van der Waals surface area contributed by atoms with Gasteiger partial charge in [-0.05, 0) is 6.42 Å². The Labute approximate surface area is 86.3 Å². The van der Waals surface area contributed by atoms with Gasteiger partial charge >= 0.3 is 0 Å². The molecule has 0 bridgehead atoms. The average Bonchev–Trinajstić information content (AvgIpc) is 2.22. The summed E-state index contributed by atoms with van der Waals surface area (Å²) < 4.78 is 0. The van der Waals surface area contributed by atoms with Crippen molar-refractivity contribution in [2.24, 2.45) is 0 Å². The maximum atomic E-state index is 2.12. The molecule has 0 atom stereocenters. The van der Waals surface area contributed by atoms with E-state index in [1.807, 2.05) is 55.0 Å². The average molecular weight is 183 g/mol. The van der Waals surface area contributed by atoms with Crippen molar-refractivity contribution >= 4 is 0 Å². The molecule has 0 aliphatic heterocycles. The van der Waals surface area contributed by atoms with E-state index in [2.05, 4.69) is 24.3 Å². The van der Waals surface area contributed by atoms with Crippen LogP contribution >= 0.6 is 0 Å². The minimum Gasteiger partial charge on any atom is -0.0841 e. The maximum Gasteiger partial charge on any atom is 0.00475 e. The fourth-order valence-corrected chi connectivity index (χ4v) is 0.970. The highest BCUT2D eigenvalue weighted by Crippen LogP contribution is 1.92. The van der Waals surface area contributed by atoms with E-state index < -0.39 is 0 Å². The molecule has 1 aliphatic rings. The summed E-state index contributed by atoms with van der Waals surface area (Å²) in [7, 11) is 0. The number of allylic oxidation sites excluding steroid dienone is 12. The molecule has 0 saturated heterocycles. The molecule has 0 N–H and O–H groups in total. The van der Waals surface area contributed by atoms with Gasteiger partial charge in [0, 0.05) is 6.42 Å². The van der Waals surface area contributed by atoms with E-state index >= 15 is 0 Å². The van der Waals surface area contributed by atoms with Crippen LogP contribution in [0.4, 0.5) is 0 Å². The van der Waals surface area contributed by atoms with E-state index in [1.54, 1.807) is 0 Å². The largest absolute Gasteiger partial charge is 0.0841 e. The third-order valence-corrected chi connectivity index (χ3v) is 1.66. The van der Waals surface area contributed by atoms with Crippen LogP contribution in [0.1, 0.15) is 6.42 Å². The van der Waals surface area contributed by atoms with Crippen LogP contribution in [0.25, 0.3) is 0 Å². The van der Waals surface area contributed by atoms with E-state index in [-0.39, 0.29) is 0 Å². The Morgan fingerprint density at radius 2 is 0.929 bits per heavy atom. The molecule has 1 aliphatic carbocycles. The van der Waals surface area contributed by atoms with Crippen molar-refractivity contribution in [3.05, 3.63) is 79.3 Å². The second kappa shape index (κ2) is 8.06. The maximum absolute atomic E-state index is 2.12. The molecule has 0 amide bonds. The van der Waals surface area contributed by atoms with Crippen molar-refractivity contribution in [1.29, 1.82) is 0 Å². The smallest absolute Gasteiger partial charge is 0.00475 e. The van der Waals surface area contributed by atoms with Gasteiger partial charge in [0.2, 0.25) is 0 Å². The van der Waals surface area contributed by atoms with Crippen molar-refractivity contribution < 1.29 is 0 Å². The zero-order valence-corrected chi connectivity index (χ0v) is 8.21. The summed E-state index contributed by atoms with van der Waals surface area (Å²) in [6.45, 7) is 0. The fourth-order valence-electron chi connectivity index (χ4n) is 0.970. The molecule has 0 saturated carbocycles. The SMILES string of the molecule is [CH]1/C=C\C\C=C/C=C/C=C\C=C\C=C\1. The summed E-state index contributed by atoms with van der Waals surface area (Å²) in [5, 5.41) is 0. The van der Waals surface area contributed by atoms with E-state index in [0.717, 1.165) is 6.42 Å². The molecule has 0 fully saturated rings. The highest BCUT2D eigenvalue weighted by Gasteiger charge is 1.72. The molecule has 0 aromatic heterocycles. The highest BCUT2D eigenvalue weighted by atomic mass is 13.8. The molecule has 0 heteroatoms. The van der Waals surface area contributed by atoms with Crippen LogP contribution in [0, 0.1) is 6.42 Å². The van der Waals surface area contributed by atoms with Crippen LogP contribution in [0.3, 0.4) is 0 Å². The van der Waals surface area contributed by atoms with Crippen molar-refractivity contribution in [2.45, 2.75) is 6.42 Å². The first-order chi connectivity index (χ1) is 7.00. The molecule has 1 rings (SSSR count). The first-order valence-electron chi connectivity index (χ1n) is 4.82. The fraction of sp³-hybridized carbons (Fsp3) is 0.0714. The topological polar surface area (TPSA) is 0 Å². The highest BCUT2D eigenvalue weighted by molar-refractivity contribution is 5.21. The molecular weight excluding hydrogens is 168 g/mol. The van der Waals surface area contributed by atoms with Crippen LogP contribution in [0.15, 0.2) is 72.9 Å². The van der Waals surface area contributed by atoms with E-state index in [4.69, 9.17) is 0 Å². The zero-order valence-electron chi connectivity index (χ0n) is 8.21. The first kappa shape index (κ1) is 10.5. The summed E-state index contributed by atoms with van der Waals surface area (Å²) in [4.78, 5) is 0. The summed E-state index contributed by atoms with van der Waals surface area (Å²) in [5.74, 6) is 0. The molecule has 0 heterocycles. The summed E-state index contributed by atoms with van der Waals surface area (Å²) in [5.41, 5.74) is 0. The number of hydrogen-bond donors (Lipinski definition) is 0. The van der Waals surface area contributed by atoms with Gasteiger partial charge in [-0.3, -0.25) is 0 Å². The second-order valence-electron chi connectivity index (χ2n) is 2.82. The lowest BCUT2D eigenvalue weighted by molar-refractivity contribution is 1.38. The van der Waals surface area contributed by atoms with Crippen LogP contribution in [0.2, 0.25) is 0 Å². The monoisotopic (exact) mass is 183 g/mol. The first-order valence-corrected chi connectivity index (χ1v) is 4.82. The normalized spacial score (nSPS) is 30.9. The molecule has 71 valence electrons. The Morgan fingerprint density at radius 1 is 0.429 bits per heavy atom. The molecule has 0 nitrogen and oxygen atoms in total. The van der Waals surface area contributed by atoms with Gasteiger partial charge in [0.15, 0.2) is 0 Å². The van der Waals surface area contributed by atoms with Gasteiger partial charge in [-0.2, -0.15) is 0 Å². The Morgan fingerprint density at radius 3 is 1.64 bits per heavy atom. The van der Waals surface area contributed by atoms with Gasteiger partial charge in [0.05, 0.1) is 0 Å². The van der Waals surface area contributed by atoms with Gasteiger partial charge in [-0.1, -0.05) is 72.9 Å². The van der Waals surface area contributed by atoms with Crippen LogP contribution in [-0.4, -0.2) is 0 Å². The molecule has 0 spiro atoms. The molecule has 0 aromatic carbocycles. The number of hydrogen-bond acceptors (Lipinski definition) is 0. The Balaban J connectivity index is 2.56. The molecule has 1 radical (unpaired) electrons. The zero-order chi connectivity index (χ0) is 9.90. The Bertz CT molecular complexity index is 266. The van der Waals surface area contributed by atoms with E-state index in [0.29, 0.717) is 0 Å². The Hall–Kier alpha value is -1.56. The number of rotatable bonds is 0. The quantitative estimate of drug-likeness (QED) is 0.533. The predicted molar refractivity (Wildman–Crippen MR) is 63.8 cm³/mol. The molecular formula is C14H15. The minimum absolute atomic E-state index is 0.980. The minimum atomic E-state index is 0.980. The van der Waals surface area contributed by atoms with Crippen molar-refractivity contribution in [1.82, 2.24) is 0 Å². The van der Waals surface area contributed by atoms with Crippen molar-refractivity contribution in [3.63, 3.8) is 0 Å². The van der Waals surface area contributed by atoms with Crippen molar-refractivity contribution in [2.75, 3.05) is 0 Å². The van der Waals surface area contributed by atoms with Gasteiger partial charge in [0.25, 0.3) is 0 Å². The van der Waals surface area contributed by atoms with Crippen molar-refractivity contribution in [3.8, 4) is 0 Å². The van der Waals surface area contributed by atoms with E-state index in [9.17, 15) is 0 Å². The van der Waals surface area contributed by atoms with Gasteiger partial charge in [-0.15, -0.1) is 0 Å². The van der Waals surface area contributed by atoms with Gasteiger partial charge in [0.1, 0.15) is 0 Å². The van der Waals surface area contributed by atoms with Gasteiger partial charge in [-0.25, -0.2) is 0 Å². The predicted octanol–water partition coefficient (Wildman–Crippen LogP) is 3.93. The van der Waals surface area contributed by atoms with Crippen LogP contribution < -0.4 is 0 Å².